The summed E-state index contributed by atoms with van der Waals surface area (Å²) in [4.78, 5) is 2.49. The minimum Gasteiger partial charge on any atom is -0.493 e. The van der Waals surface area contributed by atoms with E-state index in [2.05, 4.69) is 9.93 Å². The Morgan fingerprint density at radius 2 is 1.67 bits per heavy atom. The molecular formula is C22H30N2O5S. The molecule has 2 aromatic rings. The largest absolute Gasteiger partial charge is 0.493 e. The van der Waals surface area contributed by atoms with Gasteiger partial charge in [0.1, 0.15) is 0 Å². The molecule has 1 N–H and O–H groups in total. The van der Waals surface area contributed by atoms with Crippen molar-refractivity contribution in [3.63, 3.8) is 0 Å². The van der Waals surface area contributed by atoms with E-state index < -0.39 is 10.0 Å². The molecule has 0 aromatic heterocycles. The highest BCUT2D eigenvalue weighted by Gasteiger charge is 2.21. The molecular weight excluding hydrogens is 404 g/mol. The van der Waals surface area contributed by atoms with Gasteiger partial charge >= 0.3 is 0 Å². The van der Waals surface area contributed by atoms with Crippen molar-refractivity contribution >= 4 is 16.2 Å². The molecule has 0 radical (unpaired) electrons. The highest BCUT2D eigenvalue weighted by Crippen LogP contribution is 2.38. The summed E-state index contributed by atoms with van der Waals surface area (Å²) in [7, 11) is -0.788. The standard InChI is InChI=1S/C22H30N2O5S/c1-8-29-21-18(27-6)11-16(12-19(21)28-7)14-23-24-30(25,26)20-13-17(22(3,4)5)10-9-15(20)2/h9-14,24H,8H2,1-7H3/b23-14+. The first-order chi connectivity index (χ1) is 14.0. The van der Waals surface area contributed by atoms with Crippen LogP contribution in [0.15, 0.2) is 40.3 Å². The maximum Gasteiger partial charge on any atom is 0.276 e. The van der Waals surface area contributed by atoms with Gasteiger partial charge in [0, 0.05) is 5.56 Å². The maximum absolute atomic E-state index is 12.8. The Hall–Kier alpha value is -2.74. The fourth-order valence-corrected chi connectivity index (χ4v) is 3.90. The third-order valence-electron chi connectivity index (χ3n) is 4.50. The van der Waals surface area contributed by atoms with Crippen LogP contribution in [0, 0.1) is 6.92 Å². The Kier molecular flexibility index (Phi) is 7.36. The van der Waals surface area contributed by atoms with E-state index in [-0.39, 0.29) is 10.3 Å². The summed E-state index contributed by atoms with van der Waals surface area (Å²) < 4.78 is 41.9. The number of rotatable bonds is 8. The van der Waals surface area contributed by atoms with Gasteiger partial charge in [0.25, 0.3) is 10.0 Å². The van der Waals surface area contributed by atoms with Gasteiger partial charge in [-0.05, 0) is 48.6 Å². The molecule has 2 aromatic carbocycles. The van der Waals surface area contributed by atoms with Crippen molar-refractivity contribution in [2.45, 2.75) is 44.9 Å². The second-order valence-electron chi connectivity index (χ2n) is 7.77. The van der Waals surface area contributed by atoms with Gasteiger partial charge in [-0.15, -0.1) is 0 Å². The molecule has 164 valence electrons. The number of nitrogens with one attached hydrogen (secondary N) is 1. The fraction of sp³-hybridized carbons (Fsp3) is 0.409. The third-order valence-corrected chi connectivity index (χ3v) is 5.87. The van der Waals surface area contributed by atoms with E-state index in [1.807, 2.05) is 33.8 Å². The van der Waals surface area contributed by atoms with Gasteiger partial charge in [0.2, 0.25) is 5.75 Å². The van der Waals surface area contributed by atoms with E-state index >= 15 is 0 Å². The first-order valence-electron chi connectivity index (χ1n) is 9.58. The highest BCUT2D eigenvalue weighted by molar-refractivity contribution is 7.89. The van der Waals surface area contributed by atoms with E-state index in [1.165, 1.54) is 20.4 Å². The van der Waals surface area contributed by atoms with Crippen LogP contribution in [-0.4, -0.2) is 35.5 Å². The summed E-state index contributed by atoms with van der Waals surface area (Å²) in [5.74, 6) is 1.42. The van der Waals surface area contributed by atoms with Gasteiger partial charge < -0.3 is 14.2 Å². The van der Waals surface area contributed by atoms with Crippen molar-refractivity contribution in [3.8, 4) is 17.2 Å². The van der Waals surface area contributed by atoms with E-state index in [1.54, 1.807) is 31.2 Å². The lowest BCUT2D eigenvalue weighted by molar-refractivity contribution is 0.288. The van der Waals surface area contributed by atoms with Gasteiger partial charge in [-0.1, -0.05) is 32.9 Å². The molecule has 0 bridgehead atoms. The summed E-state index contributed by atoms with van der Waals surface area (Å²) in [5.41, 5.74) is 2.00. The van der Waals surface area contributed by atoms with Crippen LogP contribution in [0.1, 0.15) is 44.4 Å². The maximum atomic E-state index is 12.8. The Labute approximate surface area is 179 Å². The minimum atomic E-state index is -3.83. The van der Waals surface area contributed by atoms with E-state index in [0.29, 0.717) is 35.0 Å². The Bertz CT molecular complexity index is 999. The molecule has 0 aliphatic rings. The first kappa shape index (κ1) is 23.5. The normalized spacial score (nSPS) is 12.1. The molecule has 0 amide bonds. The number of methoxy groups -OCH3 is 2. The van der Waals surface area contributed by atoms with Gasteiger partial charge in [-0.3, -0.25) is 0 Å². The lowest BCUT2D eigenvalue weighted by atomic mass is 9.87. The Morgan fingerprint density at radius 1 is 1.07 bits per heavy atom. The number of benzene rings is 2. The predicted molar refractivity (Wildman–Crippen MR) is 119 cm³/mol. The number of hydrogen-bond acceptors (Lipinski definition) is 6. The number of hydrogen-bond donors (Lipinski definition) is 1. The SMILES string of the molecule is CCOc1c(OC)cc(/C=N/NS(=O)(=O)c2cc(C(C)(C)C)ccc2C)cc1OC. The van der Waals surface area contributed by atoms with Crippen LogP contribution >= 0.6 is 0 Å². The number of sulfonamides is 1. The lowest BCUT2D eigenvalue weighted by Gasteiger charge is -2.20. The van der Waals surface area contributed by atoms with Gasteiger partial charge in [0.15, 0.2) is 11.5 Å². The molecule has 7 nitrogen and oxygen atoms in total. The minimum absolute atomic E-state index is 0.170. The molecule has 0 saturated carbocycles. The first-order valence-corrected chi connectivity index (χ1v) is 11.1. The van der Waals surface area contributed by atoms with E-state index in [9.17, 15) is 8.42 Å². The topological polar surface area (TPSA) is 86.2 Å². The zero-order valence-corrected chi connectivity index (χ0v) is 19.4. The number of ether oxygens (including phenoxy) is 3. The smallest absolute Gasteiger partial charge is 0.276 e. The quantitative estimate of drug-likeness (QED) is 0.501. The molecule has 0 aliphatic carbocycles. The average Bonchev–Trinajstić information content (AvgIpc) is 2.67. The Morgan fingerprint density at radius 3 is 2.17 bits per heavy atom. The predicted octanol–water partition coefficient (Wildman–Crippen LogP) is 4.02. The average molecular weight is 435 g/mol. The van der Waals surface area contributed by atoms with Crippen LogP contribution in [0.5, 0.6) is 17.2 Å². The molecule has 0 aliphatic heterocycles. The van der Waals surface area contributed by atoms with Crippen molar-refractivity contribution < 1.29 is 22.6 Å². The van der Waals surface area contributed by atoms with Crippen LogP contribution in [0.4, 0.5) is 0 Å². The lowest BCUT2D eigenvalue weighted by Crippen LogP contribution is -2.21. The number of hydrazone groups is 1. The molecule has 0 atom stereocenters. The molecule has 0 heterocycles. The molecule has 0 spiro atoms. The second-order valence-corrected chi connectivity index (χ2v) is 9.40. The molecule has 8 heteroatoms. The third kappa shape index (κ3) is 5.44. The number of aryl methyl sites for hydroxylation is 1. The summed E-state index contributed by atoms with van der Waals surface area (Å²) >= 11 is 0. The van der Waals surface area contributed by atoms with Crippen molar-refractivity contribution in [3.05, 3.63) is 47.0 Å². The van der Waals surface area contributed by atoms with Crippen molar-refractivity contribution in [2.75, 3.05) is 20.8 Å². The van der Waals surface area contributed by atoms with Gasteiger partial charge in [-0.25, -0.2) is 4.83 Å². The van der Waals surface area contributed by atoms with Crippen LogP contribution in [-0.2, 0) is 15.4 Å². The van der Waals surface area contributed by atoms with Crippen molar-refractivity contribution in [2.24, 2.45) is 5.10 Å². The van der Waals surface area contributed by atoms with Crippen molar-refractivity contribution in [1.82, 2.24) is 4.83 Å². The van der Waals surface area contributed by atoms with Crippen LogP contribution < -0.4 is 19.0 Å². The molecule has 0 saturated heterocycles. The van der Waals surface area contributed by atoms with Gasteiger partial charge in [-0.2, -0.15) is 13.5 Å². The highest BCUT2D eigenvalue weighted by atomic mass is 32.2. The molecule has 0 unspecified atom stereocenters. The zero-order chi connectivity index (χ0) is 22.5. The molecule has 2 rings (SSSR count). The second kappa shape index (κ2) is 9.38. The monoisotopic (exact) mass is 434 g/mol. The van der Waals surface area contributed by atoms with Crippen LogP contribution in [0.2, 0.25) is 0 Å². The molecule has 30 heavy (non-hydrogen) atoms. The Balaban J connectivity index is 2.32. The number of nitrogens with zero attached hydrogens (tertiary/aromatic N) is 1. The van der Waals surface area contributed by atoms with Gasteiger partial charge in [0.05, 0.1) is 31.9 Å². The molecule has 0 fully saturated rings. The van der Waals surface area contributed by atoms with E-state index in [0.717, 1.165) is 5.56 Å². The van der Waals surface area contributed by atoms with Crippen LogP contribution in [0.25, 0.3) is 0 Å². The van der Waals surface area contributed by atoms with Crippen molar-refractivity contribution in [1.29, 1.82) is 0 Å². The fourth-order valence-electron chi connectivity index (χ4n) is 2.84. The summed E-state index contributed by atoms with van der Waals surface area (Å²) in [6.07, 6.45) is 1.39. The summed E-state index contributed by atoms with van der Waals surface area (Å²) in [5, 5.41) is 3.93. The summed E-state index contributed by atoms with van der Waals surface area (Å²) in [6, 6.07) is 8.82. The van der Waals surface area contributed by atoms with Crippen LogP contribution in [0.3, 0.4) is 0 Å². The summed E-state index contributed by atoms with van der Waals surface area (Å²) in [6.45, 7) is 10.2. The van der Waals surface area contributed by atoms with E-state index in [4.69, 9.17) is 14.2 Å². The zero-order valence-electron chi connectivity index (χ0n) is 18.6.